The summed E-state index contributed by atoms with van der Waals surface area (Å²) in [6.07, 6.45) is 3.00. The smallest absolute Gasteiger partial charge is 1.00 e. The molecule has 9 N–H and O–H groups in total. The summed E-state index contributed by atoms with van der Waals surface area (Å²) in [5.41, 5.74) is 0. The minimum absolute atomic E-state index is 0. The third kappa shape index (κ3) is 2740. The Morgan fingerprint density at radius 3 is 0.750 bits per heavy atom. The first-order valence-electron chi connectivity index (χ1n) is 3.70. The zero-order valence-electron chi connectivity index (χ0n) is 12.5. The SMILES string of the molecule is N=C=O.N=C=O.N=C=O.N=C=O.O=C(O)C(=O)O.O=P(O)(O)O.[H-].[Na+]. The van der Waals surface area contributed by atoms with Crippen LogP contribution >= 0.6 is 7.82 Å². The van der Waals surface area contributed by atoms with E-state index in [-0.39, 0.29) is 31.0 Å². The standard InChI is InChI=1S/C2H2O4.4CHNO.Na.H3O4P.H/c3-1(4)2(5)6;4*2-1-3;;1-5(2,3)4;/h(H,3,4)(H,5,6);4*2H;;(H3,1,2,3,4);/q;;;;;+1;;-1. The summed E-state index contributed by atoms with van der Waals surface area (Å²) in [5, 5.41) is 36.4. The summed E-state index contributed by atoms with van der Waals surface area (Å²) in [6, 6.07) is 0. The maximum absolute atomic E-state index is 9.10. The normalized spacial score (nSPS) is 5.62. The number of phosphoric acid groups is 1. The predicted molar refractivity (Wildman–Crippen MR) is 64.3 cm³/mol. The van der Waals surface area contributed by atoms with Crippen molar-refractivity contribution in [2.75, 3.05) is 0 Å². The van der Waals surface area contributed by atoms with Crippen LogP contribution in [0.5, 0.6) is 0 Å². The van der Waals surface area contributed by atoms with Gasteiger partial charge in [0.25, 0.3) is 0 Å². The number of carboxylic acids is 2. The molecule has 0 spiro atoms. The Kier molecular flexibility index (Phi) is 76.6. The van der Waals surface area contributed by atoms with Gasteiger partial charge in [0.15, 0.2) is 0 Å². The molecule has 0 aliphatic rings. The quantitative estimate of drug-likeness (QED) is 0.0622. The number of hydrogen-bond acceptors (Lipinski definition) is 11. The number of carbonyl (C=O) groups excluding carboxylic acids is 4. The van der Waals surface area contributed by atoms with Gasteiger partial charge in [-0.25, -0.2) is 55.0 Å². The Balaban J connectivity index is -0.0000000234. The van der Waals surface area contributed by atoms with E-state index in [2.05, 4.69) is 0 Å². The molecule has 0 saturated heterocycles. The second-order valence-electron chi connectivity index (χ2n) is 1.53. The number of carbonyl (C=O) groups is 2. The molecule has 0 fully saturated rings. The molecular weight excluding hydrogens is 374 g/mol. The average Bonchev–Trinajstić information content (AvgIpc) is 2.30. The number of isocyanates is 4. The first-order valence-corrected chi connectivity index (χ1v) is 5.27. The van der Waals surface area contributed by atoms with Gasteiger partial charge in [-0.2, -0.15) is 0 Å². The predicted octanol–water partition coefficient (Wildman–Crippen LogP) is -5.05. The minimum Gasteiger partial charge on any atom is -1.00 e. The summed E-state index contributed by atoms with van der Waals surface area (Å²) in [4.78, 5) is 73.2. The molecule has 0 aromatic heterocycles. The molecule has 24 heavy (non-hydrogen) atoms. The molecule has 18 heteroatoms. The summed E-state index contributed by atoms with van der Waals surface area (Å²) in [7, 11) is -4.64. The number of carboxylic acid groups (broad SMARTS) is 2. The Bertz CT molecular complexity index is 429. The molecule has 16 nitrogen and oxygen atoms in total. The summed E-state index contributed by atoms with van der Waals surface area (Å²) in [5.74, 6) is -3.65. The van der Waals surface area contributed by atoms with Gasteiger partial charge in [-0.05, 0) is 0 Å². The third-order valence-corrected chi connectivity index (χ3v) is 0.183. The van der Waals surface area contributed by atoms with Gasteiger partial charge in [0.05, 0.1) is 0 Å². The maximum Gasteiger partial charge on any atom is 1.00 e. The molecule has 0 heterocycles. The molecule has 0 unspecified atom stereocenters. The van der Waals surface area contributed by atoms with E-state index in [4.69, 9.17) is 79.9 Å². The molecule has 0 aliphatic heterocycles. The summed E-state index contributed by atoms with van der Waals surface area (Å²) < 4.78 is 8.88. The van der Waals surface area contributed by atoms with Crippen molar-refractivity contribution in [3.63, 3.8) is 0 Å². The first-order chi connectivity index (χ1) is 10.3. The van der Waals surface area contributed by atoms with Crippen LogP contribution in [0.1, 0.15) is 1.43 Å². The molecule has 0 bridgehead atoms. The fourth-order valence-corrected chi connectivity index (χ4v) is 0. The fraction of sp³-hybridized carbons (Fsp3) is 0. The molecule has 0 aromatic carbocycles. The van der Waals surface area contributed by atoms with E-state index in [9.17, 15) is 0 Å². The van der Waals surface area contributed by atoms with Crippen molar-refractivity contribution >= 4 is 44.1 Å². The number of hydrogen-bond donors (Lipinski definition) is 9. The van der Waals surface area contributed by atoms with E-state index >= 15 is 0 Å². The van der Waals surface area contributed by atoms with E-state index in [1.165, 1.54) is 0 Å². The van der Waals surface area contributed by atoms with Gasteiger partial charge in [0.1, 0.15) is 0 Å². The molecule has 0 amide bonds. The monoisotopic (exact) mass is 384 g/mol. The zero-order chi connectivity index (χ0) is 20.5. The second-order valence-corrected chi connectivity index (χ2v) is 2.56. The molecule has 132 valence electrons. The Hall–Kier alpha value is -2.43. The van der Waals surface area contributed by atoms with Crippen molar-refractivity contribution in [2.45, 2.75) is 0 Å². The maximum atomic E-state index is 9.10. The van der Waals surface area contributed by atoms with Crippen molar-refractivity contribution < 1.29 is 89.2 Å². The van der Waals surface area contributed by atoms with Gasteiger partial charge in [0, 0.05) is 0 Å². The van der Waals surface area contributed by atoms with E-state index in [0.29, 0.717) is 0 Å². The topological polar surface area (TPSA) is 316 Å². The summed E-state index contributed by atoms with van der Waals surface area (Å²) in [6.45, 7) is 0. The van der Waals surface area contributed by atoms with Crippen molar-refractivity contribution in [3.8, 4) is 0 Å². The van der Waals surface area contributed by atoms with Crippen LogP contribution in [0.2, 0.25) is 0 Å². The van der Waals surface area contributed by atoms with Gasteiger partial charge in [0.2, 0.25) is 24.3 Å². The molecule has 0 aliphatic carbocycles. The van der Waals surface area contributed by atoms with Crippen LogP contribution in [-0.2, 0) is 33.3 Å². The number of nitrogens with one attached hydrogen (secondary N) is 4. The Labute approximate surface area is 155 Å². The fourth-order valence-electron chi connectivity index (χ4n) is 0. The molecule has 0 saturated carbocycles. The Morgan fingerprint density at radius 1 is 0.708 bits per heavy atom. The first kappa shape index (κ1) is 43.0. The molecular formula is C6H10N4NaO12P. The van der Waals surface area contributed by atoms with Gasteiger partial charge < -0.3 is 26.3 Å². The van der Waals surface area contributed by atoms with Gasteiger partial charge >= 0.3 is 49.3 Å². The number of rotatable bonds is 0. The van der Waals surface area contributed by atoms with Crippen molar-refractivity contribution in [3.05, 3.63) is 0 Å². The second kappa shape index (κ2) is 42.8. The Morgan fingerprint density at radius 2 is 0.750 bits per heavy atom. The van der Waals surface area contributed by atoms with Crippen LogP contribution in [0.4, 0.5) is 0 Å². The average molecular weight is 384 g/mol. The largest absolute Gasteiger partial charge is 1.00 e. The van der Waals surface area contributed by atoms with Crippen LogP contribution in [0.25, 0.3) is 0 Å². The van der Waals surface area contributed by atoms with E-state index in [1.54, 1.807) is 0 Å². The third-order valence-electron chi connectivity index (χ3n) is 0.183. The van der Waals surface area contributed by atoms with E-state index in [1.807, 2.05) is 0 Å². The van der Waals surface area contributed by atoms with E-state index in [0.717, 1.165) is 24.3 Å². The zero-order valence-corrected chi connectivity index (χ0v) is 14.4. The van der Waals surface area contributed by atoms with Crippen LogP contribution in [0.3, 0.4) is 0 Å². The summed E-state index contributed by atoms with van der Waals surface area (Å²) >= 11 is 0. The van der Waals surface area contributed by atoms with Crippen molar-refractivity contribution in [1.29, 1.82) is 21.6 Å². The minimum atomic E-state index is -4.64. The number of aliphatic carboxylic acids is 2. The molecule has 0 radical (unpaired) electrons. The van der Waals surface area contributed by atoms with Gasteiger partial charge in [-0.15, -0.1) is 0 Å². The van der Waals surface area contributed by atoms with Gasteiger partial charge in [-0.3, -0.25) is 0 Å². The van der Waals surface area contributed by atoms with E-state index < -0.39 is 19.8 Å². The van der Waals surface area contributed by atoms with Crippen LogP contribution < -0.4 is 29.6 Å². The molecule has 0 atom stereocenters. The van der Waals surface area contributed by atoms with Crippen molar-refractivity contribution in [1.82, 2.24) is 0 Å². The molecule has 0 aromatic rings. The van der Waals surface area contributed by atoms with Crippen molar-refractivity contribution in [2.24, 2.45) is 0 Å². The van der Waals surface area contributed by atoms with Crippen LogP contribution in [-0.4, -0.2) is 61.2 Å². The van der Waals surface area contributed by atoms with Crippen LogP contribution in [0, 0.1) is 21.6 Å². The molecule has 0 rings (SSSR count). The van der Waals surface area contributed by atoms with Crippen LogP contribution in [0.15, 0.2) is 0 Å². The van der Waals surface area contributed by atoms with Gasteiger partial charge in [-0.1, -0.05) is 0 Å².